The molecule has 0 saturated carbocycles. The highest BCUT2D eigenvalue weighted by Gasteiger charge is 2.14. The summed E-state index contributed by atoms with van der Waals surface area (Å²) in [5.41, 5.74) is 1.65. The number of hydrogen-bond acceptors (Lipinski definition) is 4. The van der Waals surface area contributed by atoms with Gasteiger partial charge in [-0.2, -0.15) is 16.6 Å². The number of nitrogens with zero attached hydrogens (tertiary/aromatic N) is 1. The Kier molecular flexibility index (Phi) is 4.85. The number of halogens is 1. The molecule has 2 aromatic rings. The molecule has 0 fully saturated rings. The van der Waals surface area contributed by atoms with Crippen LogP contribution in [-0.4, -0.2) is 11.7 Å². The molecule has 2 atom stereocenters. The third-order valence-electron chi connectivity index (χ3n) is 3.14. The number of thiophene rings is 1. The lowest BCUT2D eigenvalue weighted by molar-refractivity contribution is 0.171. The molecule has 2 N–H and O–H groups in total. The molecule has 0 radical (unpaired) electrons. The summed E-state index contributed by atoms with van der Waals surface area (Å²) in [6.07, 6.45) is -0.606. The Hall–Kier alpha value is -1.74. The van der Waals surface area contributed by atoms with Crippen molar-refractivity contribution in [1.29, 1.82) is 5.26 Å². The van der Waals surface area contributed by atoms with Crippen molar-refractivity contribution < 1.29 is 9.50 Å². The van der Waals surface area contributed by atoms with E-state index < -0.39 is 11.9 Å². The molecule has 0 saturated heterocycles. The highest BCUT2D eigenvalue weighted by molar-refractivity contribution is 7.07. The molecule has 1 aromatic heterocycles. The van der Waals surface area contributed by atoms with E-state index in [4.69, 9.17) is 5.26 Å². The summed E-state index contributed by atoms with van der Waals surface area (Å²) in [5, 5.41) is 25.6. The third kappa shape index (κ3) is 3.42. The molecule has 1 heterocycles. The molecule has 20 heavy (non-hydrogen) atoms. The average molecular weight is 290 g/mol. The van der Waals surface area contributed by atoms with Crippen LogP contribution in [-0.2, 0) is 0 Å². The van der Waals surface area contributed by atoms with Gasteiger partial charge in [0.15, 0.2) is 0 Å². The van der Waals surface area contributed by atoms with E-state index in [9.17, 15) is 9.50 Å². The molecule has 0 aliphatic heterocycles. The fourth-order valence-electron chi connectivity index (χ4n) is 1.93. The van der Waals surface area contributed by atoms with Crippen molar-refractivity contribution in [1.82, 2.24) is 5.32 Å². The van der Waals surface area contributed by atoms with E-state index in [0.717, 1.165) is 5.56 Å². The number of nitriles is 1. The molecule has 2 unspecified atom stereocenters. The standard InChI is InChI=1S/C15H15FN2OS/c1-10(13-3-2-11(7-17)6-14(13)16)18-8-15(19)12-4-5-20-9-12/h2-6,9-10,15,18-19H,8H2,1H3. The van der Waals surface area contributed by atoms with Crippen LogP contribution in [0.25, 0.3) is 0 Å². The lowest BCUT2D eigenvalue weighted by Gasteiger charge is -2.17. The van der Waals surface area contributed by atoms with Gasteiger partial charge in [-0.3, -0.25) is 0 Å². The number of hydrogen-bond donors (Lipinski definition) is 2. The second kappa shape index (κ2) is 6.62. The summed E-state index contributed by atoms with van der Waals surface area (Å²) in [6.45, 7) is 2.17. The fourth-order valence-corrected chi connectivity index (χ4v) is 2.64. The predicted octanol–water partition coefficient (Wildman–Crippen LogP) is 3.14. The van der Waals surface area contributed by atoms with Gasteiger partial charge in [-0.25, -0.2) is 4.39 Å². The van der Waals surface area contributed by atoms with Gasteiger partial charge in [0.05, 0.1) is 17.7 Å². The van der Waals surface area contributed by atoms with Crippen LogP contribution in [0.3, 0.4) is 0 Å². The quantitative estimate of drug-likeness (QED) is 0.889. The molecule has 0 bridgehead atoms. The van der Waals surface area contributed by atoms with Gasteiger partial charge in [0.25, 0.3) is 0 Å². The molecule has 104 valence electrons. The molecular weight excluding hydrogens is 275 g/mol. The zero-order chi connectivity index (χ0) is 14.5. The Labute approximate surface area is 121 Å². The van der Waals surface area contributed by atoms with E-state index in [-0.39, 0.29) is 6.04 Å². The summed E-state index contributed by atoms with van der Waals surface area (Å²) in [7, 11) is 0. The van der Waals surface area contributed by atoms with Gasteiger partial charge < -0.3 is 10.4 Å². The first-order valence-electron chi connectivity index (χ1n) is 6.25. The number of rotatable bonds is 5. The maximum absolute atomic E-state index is 13.8. The Balaban J connectivity index is 1.98. The molecule has 2 rings (SSSR count). The first-order valence-corrected chi connectivity index (χ1v) is 7.19. The number of aliphatic hydroxyl groups is 1. The molecule has 0 aliphatic rings. The molecular formula is C15H15FN2OS. The van der Waals surface area contributed by atoms with Gasteiger partial charge in [0, 0.05) is 18.2 Å². The Morgan fingerprint density at radius 2 is 2.25 bits per heavy atom. The van der Waals surface area contributed by atoms with Crippen molar-refractivity contribution >= 4 is 11.3 Å². The minimum absolute atomic E-state index is 0.240. The Morgan fingerprint density at radius 1 is 1.45 bits per heavy atom. The van der Waals surface area contributed by atoms with Crippen molar-refractivity contribution in [2.45, 2.75) is 19.1 Å². The lowest BCUT2D eigenvalue weighted by atomic mass is 10.0. The first kappa shape index (κ1) is 14.7. The van der Waals surface area contributed by atoms with E-state index in [1.165, 1.54) is 17.4 Å². The Morgan fingerprint density at radius 3 is 2.85 bits per heavy atom. The number of aliphatic hydroxyl groups excluding tert-OH is 1. The summed E-state index contributed by atoms with van der Waals surface area (Å²) in [5.74, 6) is -0.408. The molecule has 1 aromatic carbocycles. The summed E-state index contributed by atoms with van der Waals surface area (Å²) < 4.78 is 13.8. The third-order valence-corrected chi connectivity index (χ3v) is 3.84. The van der Waals surface area contributed by atoms with Crippen LogP contribution >= 0.6 is 11.3 Å². The summed E-state index contributed by atoms with van der Waals surface area (Å²) in [4.78, 5) is 0. The first-order chi connectivity index (χ1) is 9.61. The molecule has 0 spiro atoms. The van der Waals surface area contributed by atoms with Crippen LogP contribution in [0.4, 0.5) is 4.39 Å². The average Bonchev–Trinajstić information content (AvgIpc) is 2.98. The van der Waals surface area contributed by atoms with Gasteiger partial charge in [-0.15, -0.1) is 0 Å². The number of nitrogens with one attached hydrogen (secondary N) is 1. The smallest absolute Gasteiger partial charge is 0.129 e. The van der Waals surface area contributed by atoms with Gasteiger partial charge in [0.1, 0.15) is 5.82 Å². The monoisotopic (exact) mass is 290 g/mol. The lowest BCUT2D eigenvalue weighted by Crippen LogP contribution is -2.25. The van der Waals surface area contributed by atoms with Crippen LogP contribution in [0.5, 0.6) is 0 Å². The molecule has 0 amide bonds. The maximum Gasteiger partial charge on any atom is 0.129 e. The van der Waals surface area contributed by atoms with Crippen molar-refractivity contribution in [3.05, 3.63) is 57.5 Å². The van der Waals surface area contributed by atoms with Crippen molar-refractivity contribution in [3.8, 4) is 6.07 Å². The summed E-state index contributed by atoms with van der Waals surface area (Å²) in [6, 6.07) is 7.94. The van der Waals surface area contributed by atoms with Crippen LogP contribution in [0, 0.1) is 17.1 Å². The van der Waals surface area contributed by atoms with E-state index in [0.29, 0.717) is 17.7 Å². The van der Waals surface area contributed by atoms with E-state index in [2.05, 4.69) is 5.32 Å². The van der Waals surface area contributed by atoms with Crippen molar-refractivity contribution in [2.24, 2.45) is 0 Å². The molecule has 0 aliphatic carbocycles. The zero-order valence-corrected chi connectivity index (χ0v) is 11.8. The SMILES string of the molecule is CC(NCC(O)c1ccsc1)c1ccc(C#N)cc1F. The predicted molar refractivity (Wildman–Crippen MR) is 76.8 cm³/mol. The topological polar surface area (TPSA) is 56.0 Å². The van der Waals surface area contributed by atoms with Crippen LogP contribution in [0.1, 0.15) is 35.8 Å². The second-order valence-corrected chi connectivity index (χ2v) is 5.33. The van der Waals surface area contributed by atoms with E-state index >= 15 is 0 Å². The second-order valence-electron chi connectivity index (χ2n) is 4.55. The molecule has 3 nitrogen and oxygen atoms in total. The largest absolute Gasteiger partial charge is 0.387 e. The van der Waals surface area contributed by atoms with Crippen LogP contribution < -0.4 is 5.32 Å². The minimum Gasteiger partial charge on any atom is -0.387 e. The van der Waals surface area contributed by atoms with Crippen molar-refractivity contribution in [2.75, 3.05) is 6.54 Å². The zero-order valence-electron chi connectivity index (χ0n) is 11.0. The van der Waals surface area contributed by atoms with E-state index in [1.54, 1.807) is 12.1 Å². The highest BCUT2D eigenvalue weighted by Crippen LogP contribution is 2.20. The van der Waals surface area contributed by atoms with Crippen LogP contribution in [0.15, 0.2) is 35.0 Å². The van der Waals surface area contributed by atoms with Gasteiger partial charge in [-0.05, 0) is 41.4 Å². The van der Waals surface area contributed by atoms with Gasteiger partial charge in [-0.1, -0.05) is 6.07 Å². The molecule has 5 heteroatoms. The van der Waals surface area contributed by atoms with Crippen molar-refractivity contribution in [3.63, 3.8) is 0 Å². The van der Waals surface area contributed by atoms with E-state index in [1.807, 2.05) is 29.8 Å². The van der Waals surface area contributed by atoms with Crippen LogP contribution in [0.2, 0.25) is 0 Å². The Bertz CT molecular complexity index is 607. The summed E-state index contributed by atoms with van der Waals surface area (Å²) >= 11 is 1.53. The number of benzene rings is 1. The fraction of sp³-hybridized carbons (Fsp3) is 0.267. The van der Waals surface area contributed by atoms with Gasteiger partial charge in [0.2, 0.25) is 0 Å². The van der Waals surface area contributed by atoms with Gasteiger partial charge >= 0.3 is 0 Å². The normalized spacial score (nSPS) is 13.7. The maximum atomic E-state index is 13.8. The highest BCUT2D eigenvalue weighted by atomic mass is 32.1. The minimum atomic E-state index is -0.606.